The Labute approximate surface area is 180 Å². The van der Waals surface area contributed by atoms with Crippen molar-refractivity contribution in [2.24, 2.45) is 0 Å². The zero-order valence-corrected chi connectivity index (χ0v) is 17.8. The number of aryl methyl sites for hydroxylation is 2. The third kappa shape index (κ3) is 4.40. The van der Waals surface area contributed by atoms with Crippen LogP contribution in [0.15, 0.2) is 75.9 Å². The van der Waals surface area contributed by atoms with E-state index in [2.05, 4.69) is 0 Å². The molecule has 158 valence electrons. The summed E-state index contributed by atoms with van der Waals surface area (Å²) in [5, 5.41) is 0.508. The average Bonchev–Trinajstić information content (AvgIpc) is 2.79. The van der Waals surface area contributed by atoms with E-state index < -0.39 is 0 Å². The molecule has 0 unspecified atom stereocenters. The van der Waals surface area contributed by atoms with E-state index in [9.17, 15) is 4.79 Å². The molecule has 0 fully saturated rings. The Morgan fingerprint density at radius 1 is 0.839 bits per heavy atom. The van der Waals surface area contributed by atoms with Gasteiger partial charge in [0.25, 0.3) is 0 Å². The van der Waals surface area contributed by atoms with E-state index in [0.717, 1.165) is 28.2 Å². The maximum Gasteiger partial charge on any atom is 0.235 e. The molecule has 4 rings (SSSR count). The lowest BCUT2D eigenvalue weighted by molar-refractivity contribution is 0.214. The lowest BCUT2D eigenvalue weighted by Crippen LogP contribution is -2.15. The minimum Gasteiger partial charge on any atom is -0.497 e. The molecule has 0 amide bonds. The summed E-state index contributed by atoms with van der Waals surface area (Å²) in [5.41, 5.74) is 3.00. The molecule has 0 radical (unpaired) electrons. The van der Waals surface area contributed by atoms with Crippen molar-refractivity contribution in [3.8, 4) is 28.6 Å². The molecule has 0 spiro atoms. The summed E-state index contributed by atoms with van der Waals surface area (Å²) in [6.07, 6.45) is 0. The molecule has 1 aromatic heterocycles. The van der Waals surface area contributed by atoms with Gasteiger partial charge in [0, 0.05) is 5.56 Å². The molecule has 0 atom stereocenters. The molecule has 0 aliphatic heterocycles. The molecule has 4 aromatic rings. The molecule has 1 heterocycles. The second kappa shape index (κ2) is 8.96. The van der Waals surface area contributed by atoms with E-state index in [1.54, 1.807) is 7.11 Å². The first-order valence-corrected chi connectivity index (χ1v) is 10.1. The normalized spacial score (nSPS) is 10.8. The van der Waals surface area contributed by atoms with Crippen LogP contribution >= 0.6 is 0 Å². The molecule has 0 saturated carbocycles. The third-order valence-electron chi connectivity index (χ3n) is 4.97. The molecule has 0 bridgehead atoms. The zero-order chi connectivity index (χ0) is 21.8. The Morgan fingerprint density at radius 2 is 1.55 bits per heavy atom. The summed E-state index contributed by atoms with van der Waals surface area (Å²) >= 11 is 0. The maximum atomic E-state index is 13.4. The van der Waals surface area contributed by atoms with Crippen LogP contribution in [-0.4, -0.2) is 20.3 Å². The SMILES string of the molecule is COc1ccc(-c2oc3c(C)cc(C)cc3c(=O)c2OCCOc2ccccc2)cc1. The number of hydrogen-bond acceptors (Lipinski definition) is 5. The minimum atomic E-state index is -0.196. The van der Waals surface area contributed by atoms with E-state index in [1.165, 1.54) is 0 Å². The van der Waals surface area contributed by atoms with Crippen molar-refractivity contribution in [1.82, 2.24) is 0 Å². The maximum absolute atomic E-state index is 13.4. The van der Waals surface area contributed by atoms with Crippen LogP contribution in [0.3, 0.4) is 0 Å². The summed E-state index contributed by atoms with van der Waals surface area (Å²) in [7, 11) is 1.61. The molecule has 3 aromatic carbocycles. The summed E-state index contributed by atoms with van der Waals surface area (Å²) < 4.78 is 23.1. The van der Waals surface area contributed by atoms with Crippen LogP contribution < -0.4 is 19.6 Å². The van der Waals surface area contributed by atoms with Crippen molar-refractivity contribution < 1.29 is 18.6 Å². The number of benzene rings is 3. The van der Waals surface area contributed by atoms with E-state index in [0.29, 0.717) is 23.3 Å². The standard InChI is InChI=1S/C26H24O5/c1-17-15-18(2)24-22(16-17)23(27)26(30-14-13-29-21-7-5-4-6-8-21)25(31-24)19-9-11-20(28-3)12-10-19/h4-12,15-16H,13-14H2,1-3H3. The number of para-hydroxylation sites is 1. The first-order valence-electron chi connectivity index (χ1n) is 10.1. The number of fused-ring (bicyclic) bond motifs is 1. The first-order chi connectivity index (χ1) is 15.1. The number of methoxy groups -OCH3 is 1. The van der Waals surface area contributed by atoms with E-state index in [4.69, 9.17) is 18.6 Å². The summed E-state index contributed by atoms with van der Waals surface area (Å²) in [4.78, 5) is 13.4. The molecule has 31 heavy (non-hydrogen) atoms. The monoisotopic (exact) mass is 416 g/mol. The van der Waals surface area contributed by atoms with Crippen LogP contribution in [0.1, 0.15) is 11.1 Å². The van der Waals surface area contributed by atoms with Crippen molar-refractivity contribution in [2.45, 2.75) is 13.8 Å². The van der Waals surface area contributed by atoms with E-state index in [1.807, 2.05) is 80.6 Å². The van der Waals surface area contributed by atoms with Gasteiger partial charge in [0.05, 0.1) is 12.5 Å². The van der Waals surface area contributed by atoms with Gasteiger partial charge in [-0.05, 0) is 67.4 Å². The summed E-state index contributed by atoms with van der Waals surface area (Å²) in [6, 6.07) is 20.7. The largest absolute Gasteiger partial charge is 0.497 e. The number of hydrogen-bond donors (Lipinski definition) is 0. The topological polar surface area (TPSA) is 57.9 Å². The Morgan fingerprint density at radius 3 is 2.26 bits per heavy atom. The first kappa shape index (κ1) is 20.5. The van der Waals surface area contributed by atoms with Gasteiger partial charge in [-0.25, -0.2) is 0 Å². The van der Waals surface area contributed by atoms with Crippen molar-refractivity contribution in [2.75, 3.05) is 20.3 Å². The van der Waals surface area contributed by atoms with Gasteiger partial charge >= 0.3 is 0 Å². The highest BCUT2D eigenvalue weighted by Gasteiger charge is 2.19. The van der Waals surface area contributed by atoms with E-state index >= 15 is 0 Å². The smallest absolute Gasteiger partial charge is 0.235 e. The zero-order valence-electron chi connectivity index (χ0n) is 17.8. The predicted molar refractivity (Wildman–Crippen MR) is 121 cm³/mol. The molecular weight excluding hydrogens is 392 g/mol. The lowest BCUT2D eigenvalue weighted by Gasteiger charge is -2.14. The van der Waals surface area contributed by atoms with Gasteiger partial charge in [0.15, 0.2) is 5.76 Å². The van der Waals surface area contributed by atoms with Gasteiger partial charge < -0.3 is 18.6 Å². The van der Waals surface area contributed by atoms with Gasteiger partial charge in [-0.1, -0.05) is 24.3 Å². The predicted octanol–water partition coefficient (Wildman–Crippen LogP) is 5.54. The average molecular weight is 416 g/mol. The molecule has 0 N–H and O–H groups in total. The minimum absolute atomic E-state index is 0.180. The second-order valence-corrected chi connectivity index (χ2v) is 7.29. The highest BCUT2D eigenvalue weighted by atomic mass is 16.5. The summed E-state index contributed by atoms with van der Waals surface area (Å²) in [6.45, 7) is 4.40. The highest BCUT2D eigenvalue weighted by Crippen LogP contribution is 2.33. The van der Waals surface area contributed by atoms with Gasteiger partial charge in [0.2, 0.25) is 11.2 Å². The summed E-state index contributed by atoms with van der Waals surface area (Å²) in [5.74, 6) is 2.04. The molecular formula is C26H24O5. The highest BCUT2D eigenvalue weighted by molar-refractivity contribution is 5.85. The molecule has 0 saturated heterocycles. The Bertz CT molecular complexity index is 1240. The molecule has 0 aliphatic rings. The molecule has 0 aliphatic carbocycles. The van der Waals surface area contributed by atoms with Gasteiger partial charge in [0.1, 0.15) is 30.3 Å². The van der Waals surface area contributed by atoms with Crippen LogP contribution in [-0.2, 0) is 0 Å². The van der Waals surface area contributed by atoms with Crippen molar-refractivity contribution in [3.63, 3.8) is 0 Å². The fourth-order valence-corrected chi connectivity index (χ4v) is 3.52. The van der Waals surface area contributed by atoms with E-state index in [-0.39, 0.29) is 17.8 Å². The van der Waals surface area contributed by atoms with Crippen LogP contribution in [0, 0.1) is 13.8 Å². The number of rotatable bonds is 7. The van der Waals surface area contributed by atoms with Crippen LogP contribution in [0.25, 0.3) is 22.3 Å². The number of ether oxygens (including phenoxy) is 3. The van der Waals surface area contributed by atoms with Gasteiger partial charge in [-0.15, -0.1) is 0 Å². The lowest BCUT2D eigenvalue weighted by atomic mass is 10.1. The molecule has 5 heteroatoms. The van der Waals surface area contributed by atoms with Crippen LogP contribution in [0.2, 0.25) is 0 Å². The van der Waals surface area contributed by atoms with Crippen LogP contribution in [0.4, 0.5) is 0 Å². The quantitative estimate of drug-likeness (QED) is 0.370. The Balaban J connectivity index is 1.71. The van der Waals surface area contributed by atoms with Crippen molar-refractivity contribution in [1.29, 1.82) is 0 Å². The van der Waals surface area contributed by atoms with Crippen molar-refractivity contribution in [3.05, 3.63) is 88.1 Å². The molecule has 5 nitrogen and oxygen atoms in total. The fourth-order valence-electron chi connectivity index (χ4n) is 3.52. The second-order valence-electron chi connectivity index (χ2n) is 7.29. The van der Waals surface area contributed by atoms with Crippen molar-refractivity contribution >= 4 is 11.0 Å². The van der Waals surface area contributed by atoms with Crippen LogP contribution in [0.5, 0.6) is 17.2 Å². The van der Waals surface area contributed by atoms with Gasteiger partial charge in [-0.3, -0.25) is 4.79 Å². The third-order valence-corrected chi connectivity index (χ3v) is 4.97. The Hall–Kier alpha value is -3.73. The van der Waals surface area contributed by atoms with Gasteiger partial charge in [-0.2, -0.15) is 0 Å². The fraction of sp³-hybridized carbons (Fsp3) is 0.192. The Kier molecular flexibility index (Phi) is 5.94.